The zero-order valence-electron chi connectivity index (χ0n) is 15.5. The van der Waals surface area contributed by atoms with Crippen LogP contribution in [0.25, 0.3) is 16.0 Å². The second-order valence-electron chi connectivity index (χ2n) is 6.93. The zero-order chi connectivity index (χ0) is 19.8. The number of aromatic nitrogens is 4. The lowest BCUT2D eigenvalue weighted by atomic mass is 10.2. The Labute approximate surface area is 163 Å². The predicted octanol–water partition coefficient (Wildman–Crippen LogP) is 2.17. The number of carbonyl (C=O) groups excluding carboxylic acids is 1. The van der Waals surface area contributed by atoms with Gasteiger partial charge in [0.15, 0.2) is 0 Å². The molecule has 3 heterocycles. The molecule has 1 aromatic carbocycles. The quantitative estimate of drug-likeness (QED) is 0.559. The SMILES string of the molecule is CC(C)Cn1c(=O)c2sccc2n2c(=O)n(CC(=O)Nc3ccccc3)nc12. The molecule has 0 saturated carbocycles. The van der Waals surface area contributed by atoms with E-state index in [1.165, 1.54) is 20.3 Å². The average Bonchev–Trinajstić information content (AvgIpc) is 3.25. The fraction of sp³-hybridized carbons (Fsp3) is 0.263. The van der Waals surface area contributed by atoms with Crippen molar-refractivity contribution < 1.29 is 4.79 Å². The van der Waals surface area contributed by atoms with E-state index < -0.39 is 5.69 Å². The van der Waals surface area contributed by atoms with Crippen LogP contribution in [0.2, 0.25) is 0 Å². The van der Waals surface area contributed by atoms with E-state index in [0.717, 1.165) is 4.68 Å². The Kier molecular flexibility index (Phi) is 4.60. The Hall–Kier alpha value is -3.20. The molecule has 0 aliphatic carbocycles. The Balaban J connectivity index is 1.80. The summed E-state index contributed by atoms with van der Waals surface area (Å²) >= 11 is 1.29. The highest BCUT2D eigenvalue weighted by Crippen LogP contribution is 2.17. The Morgan fingerprint density at radius 2 is 1.93 bits per heavy atom. The van der Waals surface area contributed by atoms with Crippen LogP contribution in [0.15, 0.2) is 51.4 Å². The van der Waals surface area contributed by atoms with E-state index in [9.17, 15) is 14.4 Å². The lowest BCUT2D eigenvalue weighted by Crippen LogP contribution is -2.29. The molecule has 0 saturated heterocycles. The van der Waals surface area contributed by atoms with Gasteiger partial charge in [0.25, 0.3) is 5.56 Å². The van der Waals surface area contributed by atoms with E-state index >= 15 is 0 Å². The molecular weight excluding hydrogens is 378 g/mol. The van der Waals surface area contributed by atoms with Crippen molar-refractivity contribution in [1.82, 2.24) is 18.7 Å². The van der Waals surface area contributed by atoms with E-state index in [2.05, 4.69) is 10.4 Å². The van der Waals surface area contributed by atoms with Crippen LogP contribution in [0.1, 0.15) is 13.8 Å². The van der Waals surface area contributed by atoms with Gasteiger partial charge in [-0.05, 0) is 29.5 Å². The predicted molar refractivity (Wildman–Crippen MR) is 109 cm³/mol. The van der Waals surface area contributed by atoms with Gasteiger partial charge in [-0.2, -0.15) is 0 Å². The van der Waals surface area contributed by atoms with Gasteiger partial charge in [0.05, 0.1) is 5.52 Å². The summed E-state index contributed by atoms with van der Waals surface area (Å²) in [6, 6.07) is 10.7. The van der Waals surface area contributed by atoms with Gasteiger partial charge in [-0.3, -0.25) is 14.2 Å². The number of para-hydroxylation sites is 1. The maximum absolute atomic E-state index is 13.0. The molecule has 9 heteroatoms. The number of nitrogens with one attached hydrogen (secondary N) is 1. The highest BCUT2D eigenvalue weighted by atomic mass is 32.1. The molecule has 3 aromatic heterocycles. The molecule has 0 unspecified atom stereocenters. The van der Waals surface area contributed by atoms with Gasteiger partial charge < -0.3 is 5.32 Å². The first kappa shape index (κ1) is 18.2. The van der Waals surface area contributed by atoms with Gasteiger partial charge >= 0.3 is 5.69 Å². The summed E-state index contributed by atoms with van der Waals surface area (Å²) in [7, 11) is 0. The first-order valence-electron chi connectivity index (χ1n) is 8.90. The number of nitrogens with zero attached hydrogens (tertiary/aromatic N) is 4. The highest BCUT2D eigenvalue weighted by Gasteiger charge is 2.19. The van der Waals surface area contributed by atoms with Crippen molar-refractivity contribution in [3.05, 3.63) is 62.6 Å². The number of anilines is 1. The third kappa shape index (κ3) is 3.13. The van der Waals surface area contributed by atoms with Crippen LogP contribution in [0, 0.1) is 5.92 Å². The van der Waals surface area contributed by atoms with Crippen LogP contribution in [0.5, 0.6) is 0 Å². The molecule has 0 fully saturated rings. The van der Waals surface area contributed by atoms with Gasteiger partial charge in [-0.25, -0.2) is 13.9 Å². The second kappa shape index (κ2) is 7.08. The number of carbonyl (C=O) groups is 1. The van der Waals surface area contributed by atoms with Crippen molar-refractivity contribution in [1.29, 1.82) is 0 Å². The number of thiophene rings is 1. The molecule has 28 heavy (non-hydrogen) atoms. The van der Waals surface area contributed by atoms with Crippen LogP contribution < -0.4 is 16.6 Å². The number of benzene rings is 1. The lowest BCUT2D eigenvalue weighted by molar-refractivity contribution is -0.117. The number of rotatable bonds is 5. The van der Waals surface area contributed by atoms with E-state index in [1.54, 1.807) is 23.6 Å². The van der Waals surface area contributed by atoms with Crippen molar-refractivity contribution in [3.63, 3.8) is 0 Å². The molecule has 0 bridgehead atoms. The topological polar surface area (TPSA) is 90.4 Å². The van der Waals surface area contributed by atoms with Crippen molar-refractivity contribution in [3.8, 4) is 0 Å². The van der Waals surface area contributed by atoms with Crippen LogP contribution in [0.4, 0.5) is 5.69 Å². The maximum Gasteiger partial charge on any atom is 0.352 e. The van der Waals surface area contributed by atoms with Crippen LogP contribution in [-0.2, 0) is 17.9 Å². The number of amides is 1. The Morgan fingerprint density at radius 3 is 2.64 bits per heavy atom. The summed E-state index contributed by atoms with van der Waals surface area (Å²) in [6.45, 7) is 4.17. The van der Waals surface area contributed by atoms with Crippen LogP contribution in [-0.4, -0.2) is 24.7 Å². The van der Waals surface area contributed by atoms with E-state index in [0.29, 0.717) is 22.4 Å². The third-order valence-corrected chi connectivity index (χ3v) is 5.18. The van der Waals surface area contributed by atoms with Gasteiger partial charge in [0, 0.05) is 12.2 Å². The maximum atomic E-state index is 13.0. The van der Waals surface area contributed by atoms with Gasteiger partial charge in [-0.15, -0.1) is 16.4 Å². The zero-order valence-corrected chi connectivity index (χ0v) is 16.3. The van der Waals surface area contributed by atoms with Gasteiger partial charge in [0.1, 0.15) is 11.2 Å². The molecule has 4 rings (SSSR count). The molecule has 1 amide bonds. The highest BCUT2D eigenvalue weighted by molar-refractivity contribution is 7.17. The summed E-state index contributed by atoms with van der Waals surface area (Å²) < 4.78 is 4.52. The Morgan fingerprint density at radius 1 is 1.18 bits per heavy atom. The van der Waals surface area contributed by atoms with Crippen LogP contribution in [0.3, 0.4) is 0 Å². The van der Waals surface area contributed by atoms with Crippen molar-refractivity contribution in [2.75, 3.05) is 5.32 Å². The minimum atomic E-state index is -0.445. The summed E-state index contributed by atoms with van der Waals surface area (Å²) in [5.74, 6) is 0.0821. The normalized spacial score (nSPS) is 11.5. The van der Waals surface area contributed by atoms with E-state index in [1.807, 2.05) is 32.0 Å². The number of hydrogen-bond donors (Lipinski definition) is 1. The first-order chi connectivity index (χ1) is 13.5. The number of hydrogen-bond acceptors (Lipinski definition) is 5. The molecule has 1 N–H and O–H groups in total. The minimum Gasteiger partial charge on any atom is -0.324 e. The lowest BCUT2D eigenvalue weighted by Gasteiger charge is -2.09. The molecule has 0 radical (unpaired) electrons. The summed E-state index contributed by atoms with van der Waals surface area (Å²) in [4.78, 5) is 38.2. The Bertz CT molecular complexity index is 1280. The molecule has 0 atom stereocenters. The monoisotopic (exact) mass is 397 g/mol. The largest absolute Gasteiger partial charge is 0.352 e. The second-order valence-corrected chi connectivity index (χ2v) is 7.85. The summed E-state index contributed by atoms with van der Waals surface area (Å²) in [6.07, 6.45) is 0. The standard InChI is InChI=1S/C19H19N5O3S/c1-12(2)10-22-17(26)16-14(8-9-28-16)24-18(22)21-23(19(24)27)11-15(25)20-13-6-4-3-5-7-13/h3-9,12H,10-11H2,1-2H3,(H,20,25). The first-order valence-corrected chi connectivity index (χ1v) is 9.78. The van der Waals surface area contributed by atoms with Crippen molar-refractivity contribution in [2.45, 2.75) is 26.9 Å². The molecule has 144 valence electrons. The molecule has 0 aliphatic rings. The smallest absolute Gasteiger partial charge is 0.324 e. The molecular formula is C19H19N5O3S. The van der Waals surface area contributed by atoms with E-state index in [-0.39, 0.29) is 29.7 Å². The summed E-state index contributed by atoms with van der Waals surface area (Å²) in [5, 5.41) is 8.82. The fourth-order valence-corrected chi connectivity index (χ4v) is 3.95. The number of fused-ring (bicyclic) bond motifs is 3. The van der Waals surface area contributed by atoms with Gasteiger partial charge in [-0.1, -0.05) is 32.0 Å². The molecule has 4 aromatic rings. The fourth-order valence-electron chi connectivity index (χ4n) is 3.12. The average molecular weight is 397 g/mol. The third-order valence-electron chi connectivity index (χ3n) is 4.29. The molecule has 0 aliphatic heterocycles. The summed E-state index contributed by atoms with van der Waals surface area (Å²) in [5.41, 5.74) is 0.544. The van der Waals surface area contributed by atoms with Crippen molar-refractivity contribution >= 4 is 38.9 Å². The van der Waals surface area contributed by atoms with Crippen molar-refractivity contribution in [2.24, 2.45) is 5.92 Å². The van der Waals surface area contributed by atoms with Crippen LogP contribution >= 0.6 is 11.3 Å². The van der Waals surface area contributed by atoms with E-state index in [4.69, 9.17) is 0 Å². The van der Waals surface area contributed by atoms with Gasteiger partial charge in [0.2, 0.25) is 11.7 Å². The minimum absolute atomic E-state index is 0.169. The molecule has 8 nitrogen and oxygen atoms in total. The molecule has 0 spiro atoms.